The van der Waals surface area contributed by atoms with Crippen molar-refractivity contribution in [1.82, 2.24) is 5.32 Å². The molecule has 0 aromatic heterocycles. The summed E-state index contributed by atoms with van der Waals surface area (Å²) in [6.45, 7) is 7.69. The average molecular weight is 235 g/mol. The summed E-state index contributed by atoms with van der Waals surface area (Å²) in [5, 5.41) is 6.03. The van der Waals surface area contributed by atoms with Crippen LogP contribution in [0.4, 0.5) is 11.4 Å². The summed E-state index contributed by atoms with van der Waals surface area (Å²) < 4.78 is 0. The van der Waals surface area contributed by atoms with Gasteiger partial charge in [0, 0.05) is 16.9 Å². The molecule has 0 aliphatic heterocycles. The van der Waals surface area contributed by atoms with Crippen molar-refractivity contribution in [3.63, 3.8) is 0 Å². The van der Waals surface area contributed by atoms with E-state index in [1.165, 1.54) is 0 Å². The maximum absolute atomic E-state index is 11.8. The smallest absolute Gasteiger partial charge is 0.242 e. The van der Waals surface area contributed by atoms with Gasteiger partial charge in [0.05, 0.1) is 0 Å². The Hall–Kier alpha value is -1.71. The fourth-order valence-corrected chi connectivity index (χ4v) is 1.42. The van der Waals surface area contributed by atoms with E-state index in [0.29, 0.717) is 5.69 Å². The Morgan fingerprint density at radius 2 is 2.00 bits per heavy atom. The minimum Gasteiger partial charge on any atom is -0.399 e. The first-order valence-electron chi connectivity index (χ1n) is 5.72. The van der Waals surface area contributed by atoms with Crippen molar-refractivity contribution in [1.29, 1.82) is 0 Å². The van der Waals surface area contributed by atoms with E-state index >= 15 is 0 Å². The van der Waals surface area contributed by atoms with Gasteiger partial charge in [-0.3, -0.25) is 4.79 Å². The first-order chi connectivity index (χ1) is 7.78. The van der Waals surface area contributed by atoms with Crippen LogP contribution in [0.25, 0.3) is 0 Å². The number of amides is 1. The number of benzene rings is 1. The summed E-state index contributed by atoms with van der Waals surface area (Å²) in [7, 11) is 0. The number of hydrogen-bond donors (Lipinski definition) is 3. The molecule has 0 saturated carbocycles. The van der Waals surface area contributed by atoms with Gasteiger partial charge in [-0.15, -0.1) is 0 Å². The van der Waals surface area contributed by atoms with E-state index in [1.807, 2.05) is 45.9 Å². The highest BCUT2D eigenvalue weighted by Gasteiger charge is 2.18. The van der Waals surface area contributed by atoms with Crippen LogP contribution in [0.15, 0.2) is 24.3 Å². The molecular weight excluding hydrogens is 214 g/mol. The lowest BCUT2D eigenvalue weighted by Gasteiger charge is -2.24. The second kappa shape index (κ2) is 5.08. The SMILES string of the molecule is CC(Nc1cccc(N)c1)C(=O)NC(C)(C)C. The van der Waals surface area contributed by atoms with Crippen molar-refractivity contribution in [2.24, 2.45) is 0 Å². The maximum atomic E-state index is 11.8. The molecule has 1 unspecified atom stereocenters. The molecule has 0 saturated heterocycles. The topological polar surface area (TPSA) is 67.1 Å². The highest BCUT2D eigenvalue weighted by Crippen LogP contribution is 2.13. The molecule has 0 heterocycles. The van der Waals surface area contributed by atoms with Gasteiger partial charge in [-0.25, -0.2) is 0 Å². The zero-order valence-corrected chi connectivity index (χ0v) is 10.9. The number of rotatable bonds is 3. The second-order valence-electron chi connectivity index (χ2n) is 5.23. The summed E-state index contributed by atoms with van der Waals surface area (Å²) >= 11 is 0. The Morgan fingerprint density at radius 3 is 2.53 bits per heavy atom. The van der Waals surface area contributed by atoms with Crippen molar-refractivity contribution in [2.75, 3.05) is 11.1 Å². The Balaban J connectivity index is 2.60. The predicted octanol–water partition coefficient (Wildman–Crippen LogP) is 1.98. The molecule has 0 radical (unpaired) electrons. The average Bonchev–Trinajstić information content (AvgIpc) is 2.14. The van der Waals surface area contributed by atoms with Crippen molar-refractivity contribution in [3.8, 4) is 0 Å². The van der Waals surface area contributed by atoms with Gasteiger partial charge in [0.15, 0.2) is 0 Å². The normalized spacial score (nSPS) is 12.9. The molecule has 4 heteroatoms. The van der Waals surface area contributed by atoms with Crippen LogP contribution in [0.5, 0.6) is 0 Å². The fraction of sp³-hybridized carbons (Fsp3) is 0.462. The number of anilines is 2. The lowest BCUT2D eigenvalue weighted by atomic mass is 10.1. The third-order valence-corrected chi connectivity index (χ3v) is 2.16. The molecule has 0 aliphatic rings. The number of carbonyl (C=O) groups excluding carboxylic acids is 1. The van der Waals surface area contributed by atoms with Crippen LogP contribution in [0, 0.1) is 0 Å². The summed E-state index contributed by atoms with van der Waals surface area (Å²) in [5.74, 6) is -0.0278. The molecule has 4 nitrogen and oxygen atoms in total. The van der Waals surface area contributed by atoms with Crippen LogP contribution in [0.2, 0.25) is 0 Å². The summed E-state index contributed by atoms with van der Waals surface area (Å²) in [6.07, 6.45) is 0. The highest BCUT2D eigenvalue weighted by atomic mass is 16.2. The van der Waals surface area contributed by atoms with Crippen LogP contribution in [-0.4, -0.2) is 17.5 Å². The molecular formula is C13H21N3O. The standard InChI is InChI=1S/C13H21N3O/c1-9(12(17)16-13(2,3)4)15-11-7-5-6-10(14)8-11/h5-9,15H,14H2,1-4H3,(H,16,17). The molecule has 1 atom stereocenters. The quantitative estimate of drug-likeness (QED) is 0.702. The van der Waals surface area contributed by atoms with Gasteiger partial charge >= 0.3 is 0 Å². The van der Waals surface area contributed by atoms with E-state index in [1.54, 1.807) is 6.07 Å². The van der Waals surface area contributed by atoms with Gasteiger partial charge in [-0.1, -0.05) is 6.07 Å². The van der Waals surface area contributed by atoms with Crippen LogP contribution >= 0.6 is 0 Å². The second-order valence-corrected chi connectivity index (χ2v) is 5.23. The molecule has 4 N–H and O–H groups in total. The maximum Gasteiger partial charge on any atom is 0.242 e. The number of nitrogens with two attached hydrogens (primary N) is 1. The lowest BCUT2D eigenvalue weighted by molar-refractivity contribution is -0.122. The number of nitrogens with one attached hydrogen (secondary N) is 2. The zero-order chi connectivity index (χ0) is 13.1. The van der Waals surface area contributed by atoms with Crippen LogP contribution in [0.1, 0.15) is 27.7 Å². The Labute approximate surface area is 103 Å². The van der Waals surface area contributed by atoms with Crippen molar-refractivity contribution >= 4 is 17.3 Å². The Bertz CT molecular complexity index is 396. The van der Waals surface area contributed by atoms with Crippen molar-refractivity contribution < 1.29 is 4.79 Å². The first-order valence-corrected chi connectivity index (χ1v) is 5.72. The van der Waals surface area contributed by atoms with Gasteiger partial charge < -0.3 is 16.4 Å². The van der Waals surface area contributed by atoms with E-state index in [-0.39, 0.29) is 17.5 Å². The Kier molecular flexibility index (Phi) is 3.99. The van der Waals surface area contributed by atoms with Crippen LogP contribution in [-0.2, 0) is 4.79 Å². The number of nitrogen functional groups attached to an aromatic ring is 1. The third-order valence-electron chi connectivity index (χ3n) is 2.16. The molecule has 17 heavy (non-hydrogen) atoms. The van der Waals surface area contributed by atoms with Gasteiger partial charge in [0.2, 0.25) is 5.91 Å². The van der Waals surface area contributed by atoms with E-state index in [2.05, 4.69) is 10.6 Å². The van der Waals surface area contributed by atoms with Gasteiger partial charge in [-0.2, -0.15) is 0 Å². The molecule has 94 valence electrons. The van der Waals surface area contributed by atoms with E-state index in [9.17, 15) is 4.79 Å². The van der Waals surface area contributed by atoms with Crippen molar-refractivity contribution in [2.45, 2.75) is 39.3 Å². The van der Waals surface area contributed by atoms with Crippen LogP contribution < -0.4 is 16.4 Å². The van der Waals surface area contributed by atoms with Gasteiger partial charge in [0.1, 0.15) is 6.04 Å². The van der Waals surface area contributed by atoms with E-state index in [0.717, 1.165) is 5.69 Å². The highest BCUT2D eigenvalue weighted by molar-refractivity contribution is 5.84. The first kappa shape index (κ1) is 13.4. The minimum absolute atomic E-state index is 0.0278. The minimum atomic E-state index is -0.295. The van der Waals surface area contributed by atoms with Gasteiger partial charge in [-0.05, 0) is 45.9 Å². The summed E-state index contributed by atoms with van der Waals surface area (Å²) in [5.41, 5.74) is 6.98. The summed E-state index contributed by atoms with van der Waals surface area (Å²) in [4.78, 5) is 11.8. The van der Waals surface area contributed by atoms with E-state index in [4.69, 9.17) is 5.73 Å². The molecule has 1 rings (SSSR count). The van der Waals surface area contributed by atoms with Crippen LogP contribution in [0.3, 0.4) is 0 Å². The van der Waals surface area contributed by atoms with Gasteiger partial charge in [0.25, 0.3) is 0 Å². The largest absolute Gasteiger partial charge is 0.399 e. The summed E-state index contributed by atoms with van der Waals surface area (Å²) in [6, 6.07) is 7.06. The zero-order valence-electron chi connectivity index (χ0n) is 10.9. The fourth-order valence-electron chi connectivity index (χ4n) is 1.42. The predicted molar refractivity (Wildman–Crippen MR) is 71.8 cm³/mol. The number of carbonyl (C=O) groups is 1. The third kappa shape index (κ3) is 4.76. The number of hydrogen-bond acceptors (Lipinski definition) is 3. The monoisotopic (exact) mass is 235 g/mol. The molecule has 1 aromatic carbocycles. The molecule has 0 fully saturated rings. The van der Waals surface area contributed by atoms with E-state index < -0.39 is 0 Å². The molecule has 1 aromatic rings. The van der Waals surface area contributed by atoms with Crippen molar-refractivity contribution in [3.05, 3.63) is 24.3 Å². The molecule has 1 amide bonds. The Morgan fingerprint density at radius 1 is 1.35 bits per heavy atom. The molecule has 0 bridgehead atoms. The molecule has 0 aliphatic carbocycles. The lowest BCUT2D eigenvalue weighted by Crippen LogP contribution is -2.47. The molecule has 0 spiro atoms.